The topological polar surface area (TPSA) is 78.3 Å². The summed E-state index contributed by atoms with van der Waals surface area (Å²) in [5.74, 6) is 0.146. The molecule has 0 unspecified atom stereocenters. The van der Waals surface area contributed by atoms with E-state index in [1.807, 2.05) is 0 Å². The Kier molecular flexibility index (Phi) is 6.79. The van der Waals surface area contributed by atoms with Gasteiger partial charge in [-0.2, -0.15) is 0 Å². The van der Waals surface area contributed by atoms with Crippen LogP contribution in [0.15, 0.2) is 18.2 Å². The van der Waals surface area contributed by atoms with Gasteiger partial charge in [0.1, 0.15) is 5.75 Å². The van der Waals surface area contributed by atoms with Crippen LogP contribution in [0.2, 0.25) is 0 Å². The Morgan fingerprint density at radius 1 is 1.16 bits per heavy atom. The minimum atomic E-state index is -0.478. The third-order valence-corrected chi connectivity index (χ3v) is 3.05. The van der Waals surface area contributed by atoms with Gasteiger partial charge in [0.25, 0.3) is 0 Å². The van der Waals surface area contributed by atoms with Crippen LogP contribution in [0.25, 0.3) is 0 Å². The highest BCUT2D eigenvalue weighted by Crippen LogP contribution is 2.22. The number of hydrogen-bond donors (Lipinski definition) is 2. The van der Waals surface area contributed by atoms with Crippen LogP contribution in [0, 0.1) is 0 Å². The van der Waals surface area contributed by atoms with Gasteiger partial charge in [0, 0.05) is 5.56 Å². The van der Waals surface area contributed by atoms with Crippen LogP contribution in [0.4, 0.5) is 5.69 Å². The van der Waals surface area contributed by atoms with Crippen molar-refractivity contribution in [1.29, 1.82) is 0 Å². The summed E-state index contributed by atoms with van der Waals surface area (Å²) in [6.07, 6.45) is 7.33. The first-order valence-corrected chi connectivity index (χ1v) is 6.97. The van der Waals surface area contributed by atoms with Gasteiger partial charge in [-0.25, -0.2) is 0 Å². The molecule has 0 heterocycles. The number of carbonyl (C=O) groups is 1. The number of anilines is 1. The second kappa shape index (κ2) is 8.40. The molecule has 0 aliphatic heterocycles. The average Bonchev–Trinajstić information content (AvgIpc) is 2.39. The summed E-state index contributed by atoms with van der Waals surface area (Å²) >= 11 is 0. The molecule has 106 valence electrons. The summed E-state index contributed by atoms with van der Waals surface area (Å²) in [6.45, 7) is 2.87. The maximum Gasteiger partial charge on any atom is 0.248 e. The van der Waals surface area contributed by atoms with Crippen LogP contribution in [-0.2, 0) is 0 Å². The molecule has 0 radical (unpaired) electrons. The fourth-order valence-corrected chi connectivity index (χ4v) is 1.90. The molecule has 0 saturated heterocycles. The highest BCUT2D eigenvalue weighted by atomic mass is 16.5. The van der Waals surface area contributed by atoms with E-state index in [1.54, 1.807) is 18.2 Å². The number of nitrogen functional groups attached to an aromatic ring is 1. The van der Waals surface area contributed by atoms with Gasteiger partial charge in [0.2, 0.25) is 5.91 Å². The van der Waals surface area contributed by atoms with Gasteiger partial charge >= 0.3 is 0 Å². The number of unbranched alkanes of at least 4 members (excludes halogenated alkanes) is 5. The zero-order valence-corrected chi connectivity index (χ0v) is 11.7. The van der Waals surface area contributed by atoms with Gasteiger partial charge in [-0.15, -0.1) is 0 Å². The molecule has 1 amide bonds. The molecular weight excluding hydrogens is 240 g/mol. The van der Waals surface area contributed by atoms with Crippen LogP contribution in [0.5, 0.6) is 5.75 Å². The van der Waals surface area contributed by atoms with Gasteiger partial charge in [-0.3, -0.25) is 4.79 Å². The Balaban J connectivity index is 2.28. The monoisotopic (exact) mass is 264 g/mol. The Hall–Kier alpha value is -1.71. The minimum Gasteiger partial charge on any atom is -0.491 e. The molecule has 1 aromatic carbocycles. The molecule has 0 aliphatic carbocycles. The molecule has 0 aromatic heterocycles. The minimum absolute atomic E-state index is 0.407. The van der Waals surface area contributed by atoms with Crippen molar-refractivity contribution in [2.75, 3.05) is 12.3 Å². The molecule has 1 rings (SSSR count). The smallest absolute Gasteiger partial charge is 0.248 e. The first kappa shape index (κ1) is 15.3. The largest absolute Gasteiger partial charge is 0.491 e. The van der Waals surface area contributed by atoms with Crippen molar-refractivity contribution in [2.24, 2.45) is 5.73 Å². The van der Waals surface area contributed by atoms with Crippen molar-refractivity contribution in [1.82, 2.24) is 0 Å². The summed E-state index contributed by atoms with van der Waals surface area (Å²) < 4.78 is 5.60. The van der Waals surface area contributed by atoms with E-state index in [9.17, 15) is 4.79 Å². The fraction of sp³-hybridized carbons (Fsp3) is 0.533. The lowest BCUT2D eigenvalue weighted by molar-refractivity contribution is 0.100. The predicted octanol–water partition coefficient (Wildman–Crippen LogP) is 3.11. The number of ether oxygens (including phenoxy) is 1. The molecule has 0 fully saturated rings. The molecule has 0 atom stereocenters. The molecule has 0 aliphatic rings. The molecule has 4 heteroatoms. The Morgan fingerprint density at radius 3 is 2.47 bits per heavy atom. The first-order chi connectivity index (χ1) is 9.15. The highest BCUT2D eigenvalue weighted by Gasteiger charge is 2.05. The molecule has 4 N–H and O–H groups in total. The molecule has 4 nitrogen and oxygen atoms in total. The number of benzene rings is 1. The van der Waals surface area contributed by atoms with E-state index in [0.29, 0.717) is 23.6 Å². The zero-order valence-electron chi connectivity index (χ0n) is 11.7. The van der Waals surface area contributed by atoms with Crippen molar-refractivity contribution < 1.29 is 9.53 Å². The van der Waals surface area contributed by atoms with Crippen molar-refractivity contribution in [3.8, 4) is 5.75 Å². The summed E-state index contributed by atoms with van der Waals surface area (Å²) in [4.78, 5) is 11.0. The number of amides is 1. The normalized spacial score (nSPS) is 10.4. The lowest BCUT2D eigenvalue weighted by Gasteiger charge is -2.09. The van der Waals surface area contributed by atoms with Gasteiger partial charge in [0.05, 0.1) is 12.3 Å². The fourth-order valence-electron chi connectivity index (χ4n) is 1.90. The van der Waals surface area contributed by atoms with E-state index < -0.39 is 5.91 Å². The van der Waals surface area contributed by atoms with Gasteiger partial charge in [0.15, 0.2) is 0 Å². The lowest BCUT2D eigenvalue weighted by Crippen LogP contribution is -2.11. The van der Waals surface area contributed by atoms with E-state index in [-0.39, 0.29) is 0 Å². The van der Waals surface area contributed by atoms with Crippen molar-refractivity contribution in [3.63, 3.8) is 0 Å². The quantitative estimate of drug-likeness (QED) is 0.531. The molecule has 0 spiro atoms. The summed E-state index contributed by atoms with van der Waals surface area (Å²) in [5, 5.41) is 0. The van der Waals surface area contributed by atoms with E-state index in [4.69, 9.17) is 16.2 Å². The van der Waals surface area contributed by atoms with Gasteiger partial charge < -0.3 is 16.2 Å². The van der Waals surface area contributed by atoms with E-state index >= 15 is 0 Å². The maximum absolute atomic E-state index is 11.0. The third-order valence-electron chi connectivity index (χ3n) is 3.05. The van der Waals surface area contributed by atoms with Crippen LogP contribution in [-0.4, -0.2) is 12.5 Å². The molecular formula is C15H24N2O2. The summed E-state index contributed by atoms with van der Waals surface area (Å²) in [7, 11) is 0. The number of hydrogen-bond acceptors (Lipinski definition) is 3. The summed E-state index contributed by atoms with van der Waals surface area (Å²) in [5.41, 5.74) is 11.9. The number of carbonyl (C=O) groups excluding carboxylic acids is 1. The van der Waals surface area contributed by atoms with Crippen LogP contribution in [0.3, 0.4) is 0 Å². The van der Waals surface area contributed by atoms with Crippen LogP contribution >= 0.6 is 0 Å². The second-order valence-electron chi connectivity index (χ2n) is 4.73. The zero-order chi connectivity index (χ0) is 14.1. The third kappa shape index (κ3) is 5.64. The predicted molar refractivity (Wildman–Crippen MR) is 78.2 cm³/mol. The lowest BCUT2D eigenvalue weighted by atomic mass is 10.1. The molecule has 0 bridgehead atoms. The number of primary amides is 1. The molecule has 1 aromatic rings. The Morgan fingerprint density at radius 2 is 1.84 bits per heavy atom. The Bertz CT molecular complexity index is 405. The van der Waals surface area contributed by atoms with Crippen molar-refractivity contribution in [2.45, 2.75) is 45.4 Å². The SMILES string of the molecule is CCCCCCCCOc1ccc(C(N)=O)cc1N. The van der Waals surface area contributed by atoms with E-state index in [2.05, 4.69) is 6.92 Å². The van der Waals surface area contributed by atoms with Crippen LogP contribution < -0.4 is 16.2 Å². The molecule has 19 heavy (non-hydrogen) atoms. The number of rotatable bonds is 9. The van der Waals surface area contributed by atoms with E-state index in [0.717, 1.165) is 6.42 Å². The second-order valence-corrected chi connectivity index (χ2v) is 4.73. The van der Waals surface area contributed by atoms with Gasteiger partial charge in [-0.05, 0) is 24.6 Å². The van der Waals surface area contributed by atoms with Crippen molar-refractivity contribution >= 4 is 11.6 Å². The maximum atomic E-state index is 11.0. The molecule has 0 saturated carbocycles. The van der Waals surface area contributed by atoms with Crippen LogP contribution in [0.1, 0.15) is 55.8 Å². The first-order valence-electron chi connectivity index (χ1n) is 6.97. The van der Waals surface area contributed by atoms with Gasteiger partial charge in [-0.1, -0.05) is 39.0 Å². The number of nitrogens with two attached hydrogens (primary N) is 2. The van der Waals surface area contributed by atoms with E-state index in [1.165, 1.54) is 32.1 Å². The average molecular weight is 264 g/mol. The standard InChI is InChI=1S/C15H24N2O2/c1-2-3-4-5-6-7-10-19-14-9-8-12(15(17)18)11-13(14)16/h8-9,11H,2-7,10,16H2,1H3,(H2,17,18). The van der Waals surface area contributed by atoms with Crippen molar-refractivity contribution in [3.05, 3.63) is 23.8 Å². The Labute approximate surface area is 115 Å². The summed E-state index contributed by atoms with van der Waals surface area (Å²) in [6, 6.07) is 4.89. The highest BCUT2D eigenvalue weighted by molar-refractivity contribution is 5.94.